The predicted octanol–water partition coefficient (Wildman–Crippen LogP) is 3.55. The third-order valence-electron chi connectivity index (χ3n) is 4.99. The number of rotatable bonds is 5. The number of carbonyl (C=O) groups is 1. The molecule has 30 heavy (non-hydrogen) atoms. The normalized spacial score (nSPS) is 13.8. The number of methoxy groups -OCH3 is 1. The first kappa shape index (κ1) is 19.7. The zero-order valence-electron chi connectivity index (χ0n) is 17.1. The van der Waals surface area contributed by atoms with Crippen LogP contribution >= 0.6 is 0 Å². The average molecular weight is 404 g/mol. The van der Waals surface area contributed by atoms with Gasteiger partial charge in [0.15, 0.2) is 0 Å². The van der Waals surface area contributed by atoms with Crippen LogP contribution in [0.4, 0.5) is 5.82 Å². The van der Waals surface area contributed by atoms with Crippen LogP contribution in [-0.4, -0.2) is 54.1 Å². The molecular weight excluding hydrogens is 380 g/mol. The molecule has 1 aliphatic heterocycles. The lowest BCUT2D eigenvalue weighted by Crippen LogP contribution is -2.49. The van der Waals surface area contributed by atoms with E-state index in [0.717, 1.165) is 17.3 Å². The summed E-state index contributed by atoms with van der Waals surface area (Å²) in [4.78, 5) is 25.8. The highest BCUT2D eigenvalue weighted by atomic mass is 16.5. The monoisotopic (exact) mass is 404 g/mol. The number of amides is 1. The molecule has 7 nitrogen and oxygen atoms in total. The van der Waals surface area contributed by atoms with Crippen LogP contribution in [0.5, 0.6) is 17.4 Å². The van der Waals surface area contributed by atoms with E-state index in [0.29, 0.717) is 43.4 Å². The Morgan fingerprint density at radius 3 is 2.27 bits per heavy atom. The minimum Gasteiger partial charge on any atom is -0.497 e. The first-order chi connectivity index (χ1) is 14.6. The van der Waals surface area contributed by atoms with Crippen molar-refractivity contribution in [1.82, 2.24) is 14.9 Å². The number of hydrogen-bond acceptors (Lipinski definition) is 6. The highest BCUT2D eigenvalue weighted by molar-refractivity contribution is 5.94. The Balaban J connectivity index is 1.41. The Kier molecular flexibility index (Phi) is 5.79. The zero-order valence-corrected chi connectivity index (χ0v) is 17.1. The maximum atomic E-state index is 12.8. The van der Waals surface area contributed by atoms with Crippen LogP contribution in [0.1, 0.15) is 16.2 Å². The summed E-state index contributed by atoms with van der Waals surface area (Å²) in [7, 11) is 1.61. The Labute approximate surface area is 175 Å². The van der Waals surface area contributed by atoms with Crippen molar-refractivity contribution in [2.75, 3.05) is 38.2 Å². The Hall–Kier alpha value is -3.61. The Bertz CT molecular complexity index is 1000. The highest BCUT2D eigenvalue weighted by Gasteiger charge is 2.23. The molecule has 0 bridgehead atoms. The smallest absolute Gasteiger partial charge is 0.253 e. The summed E-state index contributed by atoms with van der Waals surface area (Å²) in [5.41, 5.74) is 0.667. The molecule has 1 aromatic heterocycles. The van der Waals surface area contributed by atoms with Gasteiger partial charge in [0.1, 0.15) is 23.1 Å². The summed E-state index contributed by atoms with van der Waals surface area (Å²) in [6.07, 6.45) is 0. The van der Waals surface area contributed by atoms with Gasteiger partial charge in [-0.25, -0.2) is 4.98 Å². The van der Waals surface area contributed by atoms with Gasteiger partial charge in [-0.3, -0.25) is 4.79 Å². The summed E-state index contributed by atoms with van der Waals surface area (Å²) in [6.45, 7) is 4.50. The van der Waals surface area contributed by atoms with Crippen molar-refractivity contribution < 1.29 is 14.3 Å². The molecule has 2 heterocycles. The van der Waals surface area contributed by atoms with E-state index in [1.54, 1.807) is 31.4 Å². The molecule has 0 atom stereocenters. The lowest BCUT2D eigenvalue weighted by Gasteiger charge is -2.35. The van der Waals surface area contributed by atoms with Gasteiger partial charge < -0.3 is 19.3 Å². The van der Waals surface area contributed by atoms with Gasteiger partial charge in [0.25, 0.3) is 5.91 Å². The second kappa shape index (κ2) is 8.82. The van der Waals surface area contributed by atoms with Gasteiger partial charge in [0.2, 0.25) is 5.88 Å². The highest BCUT2D eigenvalue weighted by Crippen LogP contribution is 2.24. The van der Waals surface area contributed by atoms with Crippen LogP contribution in [-0.2, 0) is 0 Å². The van der Waals surface area contributed by atoms with Gasteiger partial charge in [0.05, 0.1) is 7.11 Å². The molecule has 1 saturated heterocycles. The van der Waals surface area contributed by atoms with Gasteiger partial charge in [-0.05, 0) is 43.3 Å². The second-order valence-corrected chi connectivity index (χ2v) is 7.03. The first-order valence-electron chi connectivity index (χ1n) is 9.89. The quantitative estimate of drug-likeness (QED) is 0.648. The summed E-state index contributed by atoms with van der Waals surface area (Å²) < 4.78 is 11.0. The third kappa shape index (κ3) is 4.51. The number of anilines is 1. The lowest BCUT2D eigenvalue weighted by atomic mass is 10.1. The number of para-hydroxylation sites is 1. The number of benzene rings is 2. The van der Waals surface area contributed by atoms with Crippen molar-refractivity contribution in [3.05, 3.63) is 72.1 Å². The maximum Gasteiger partial charge on any atom is 0.253 e. The molecule has 3 aromatic rings. The van der Waals surface area contributed by atoms with E-state index in [1.807, 2.05) is 48.2 Å². The Morgan fingerprint density at radius 2 is 1.60 bits per heavy atom. The predicted molar refractivity (Wildman–Crippen MR) is 114 cm³/mol. The van der Waals surface area contributed by atoms with Crippen molar-refractivity contribution in [1.29, 1.82) is 0 Å². The van der Waals surface area contributed by atoms with E-state index >= 15 is 0 Å². The minimum absolute atomic E-state index is 0.0317. The summed E-state index contributed by atoms with van der Waals surface area (Å²) in [5, 5.41) is 0. The number of piperazine rings is 1. The standard InChI is InChI=1S/C23H24N4O3/c1-17-24-21(16-22(25-17)30-20-6-4-3-5-7-20)26-12-14-27(15-13-26)23(28)18-8-10-19(29-2)11-9-18/h3-11,16H,12-15H2,1-2H3. The Morgan fingerprint density at radius 1 is 0.900 bits per heavy atom. The van der Waals surface area contributed by atoms with Gasteiger partial charge in [-0.15, -0.1) is 0 Å². The first-order valence-corrected chi connectivity index (χ1v) is 9.89. The van der Waals surface area contributed by atoms with Crippen molar-refractivity contribution in [3.8, 4) is 17.4 Å². The summed E-state index contributed by atoms with van der Waals surface area (Å²) in [6, 6.07) is 18.6. The fraction of sp³-hybridized carbons (Fsp3) is 0.261. The molecule has 7 heteroatoms. The number of hydrogen-bond donors (Lipinski definition) is 0. The number of carbonyl (C=O) groups excluding carboxylic acids is 1. The molecule has 2 aromatic carbocycles. The lowest BCUT2D eigenvalue weighted by molar-refractivity contribution is 0.0746. The molecule has 0 radical (unpaired) electrons. The summed E-state index contributed by atoms with van der Waals surface area (Å²) in [5.74, 6) is 3.48. The molecule has 0 N–H and O–H groups in total. The fourth-order valence-electron chi connectivity index (χ4n) is 3.40. The van der Waals surface area contributed by atoms with Crippen LogP contribution in [0.25, 0.3) is 0 Å². The molecule has 154 valence electrons. The number of aromatic nitrogens is 2. The molecule has 0 aliphatic carbocycles. The fourth-order valence-corrected chi connectivity index (χ4v) is 3.40. The van der Waals surface area contributed by atoms with Crippen LogP contribution in [0.2, 0.25) is 0 Å². The van der Waals surface area contributed by atoms with Crippen LogP contribution in [0.3, 0.4) is 0 Å². The molecular formula is C23H24N4O3. The van der Waals surface area contributed by atoms with Crippen molar-refractivity contribution in [2.45, 2.75) is 6.92 Å². The second-order valence-electron chi connectivity index (χ2n) is 7.03. The minimum atomic E-state index is 0.0317. The van der Waals surface area contributed by atoms with Gasteiger partial charge in [-0.2, -0.15) is 4.98 Å². The van der Waals surface area contributed by atoms with Crippen LogP contribution in [0, 0.1) is 6.92 Å². The van der Waals surface area contributed by atoms with E-state index in [1.165, 1.54) is 0 Å². The molecule has 1 aliphatic rings. The molecule has 0 spiro atoms. The van der Waals surface area contributed by atoms with Crippen molar-refractivity contribution in [2.24, 2.45) is 0 Å². The van der Waals surface area contributed by atoms with Crippen LogP contribution < -0.4 is 14.4 Å². The van der Waals surface area contributed by atoms with E-state index in [9.17, 15) is 4.79 Å². The SMILES string of the molecule is COc1ccc(C(=O)N2CCN(c3cc(Oc4ccccc4)nc(C)n3)CC2)cc1. The molecule has 1 fully saturated rings. The number of nitrogens with zero attached hydrogens (tertiary/aromatic N) is 4. The molecule has 0 saturated carbocycles. The van der Waals surface area contributed by atoms with Gasteiger partial charge >= 0.3 is 0 Å². The molecule has 4 rings (SSSR count). The molecule has 0 unspecified atom stereocenters. The molecule has 1 amide bonds. The largest absolute Gasteiger partial charge is 0.497 e. The maximum absolute atomic E-state index is 12.8. The van der Waals surface area contributed by atoms with Gasteiger partial charge in [0, 0.05) is 37.8 Å². The van der Waals surface area contributed by atoms with E-state index in [2.05, 4.69) is 14.9 Å². The zero-order chi connectivity index (χ0) is 20.9. The van der Waals surface area contributed by atoms with E-state index < -0.39 is 0 Å². The topological polar surface area (TPSA) is 67.8 Å². The van der Waals surface area contributed by atoms with E-state index in [4.69, 9.17) is 9.47 Å². The van der Waals surface area contributed by atoms with Crippen LogP contribution in [0.15, 0.2) is 60.7 Å². The van der Waals surface area contributed by atoms with Gasteiger partial charge in [-0.1, -0.05) is 18.2 Å². The number of ether oxygens (including phenoxy) is 2. The third-order valence-corrected chi connectivity index (χ3v) is 4.99. The van der Waals surface area contributed by atoms with E-state index in [-0.39, 0.29) is 5.91 Å². The number of aryl methyl sites for hydroxylation is 1. The summed E-state index contributed by atoms with van der Waals surface area (Å²) >= 11 is 0. The van der Waals surface area contributed by atoms with Crippen molar-refractivity contribution in [3.63, 3.8) is 0 Å². The van der Waals surface area contributed by atoms with Crippen molar-refractivity contribution >= 4 is 11.7 Å². The average Bonchev–Trinajstić information content (AvgIpc) is 2.79.